The average molecular weight is 414 g/mol. The van der Waals surface area contributed by atoms with Crippen LogP contribution in [-0.2, 0) is 14.3 Å². The first kappa shape index (κ1) is 16.5. The fourth-order valence-electron chi connectivity index (χ4n) is 2.50. The molecule has 7 heteroatoms. The van der Waals surface area contributed by atoms with Crippen LogP contribution in [-0.4, -0.2) is 38.3 Å². The van der Waals surface area contributed by atoms with Crippen LogP contribution in [0.2, 0.25) is 0 Å². The van der Waals surface area contributed by atoms with Crippen molar-refractivity contribution in [3.05, 3.63) is 46.9 Å². The molecule has 0 saturated heterocycles. The molecule has 1 atom stereocenters. The van der Waals surface area contributed by atoms with Crippen molar-refractivity contribution in [2.75, 3.05) is 7.11 Å². The van der Waals surface area contributed by atoms with Gasteiger partial charge in [-0.25, -0.2) is 9.59 Å². The van der Waals surface area contributed by atoms with Crippen molar-refractivity contribution in [2.45, 2.75) is 19.9 Å². The minimum atomic E-state index is -1.08. The highest BCUT2D eigenvalue weighted by Gasteiger charge is 2.37. The van der Waals surface area contributed by atoms with E-state index < -0.39 is 11.9 Å². The van der Waals surface area contributed by atoms with Crippen LogP contribution < -0.4 is 0 Å². The molecular formula is C15H15IN2O4. The Labute approximate surface area is 142 Å². The minimum absolute atomic E-state index is 0.0964. The second kappa shape index (κ2) is 6.47. The van der Waals surface area contributed by atoms with E-state index in [4.69, 9.17) is 4.74 Å². The zero-order valence-electron chi connectivity index (χ0n) is 12.3. The number of aromatic nitrogens is 1. The highest BCUT2D eigenvalue weighted by molar-refractivity contribution is 14.1. The normalized spacial score (nSPS) is 18.5. The molecule has 116 valence electrons. The second-order valence-electron chi connectivity index (χ2n) is 4.77. The fourth-order valence-corrected chi connectivity index (χ4v) is 3.02. The Kier molecular flexibility index (Phi) is 4.84. The molecule has 0 fully saturated rings. The van der Waals surface area contributed by atoms with Gasteiger partial charge < -0.3 is 13.0 Å². The number of aliphatic carboxylic acids is 1. The lowest BCUT2D eigenvalue weighted by atomic mass is 9.86. The summed E-state index contributed by atoms with van der Waals surface area (Å²) in [5.41, 5.74) is 2.02. The number of pyridine rings is 1. The zero-order chi connectivity index (χ0) is 16.4. The number of rotatable bonds is 3. The van der Waals surface area contributed by atoms with Crippen molar-refractivity contribution in [1.82, 2.24) is 8.10 Å². The predicted octanol–water partition coefficient (Wildman–Crippen LogP) is 2.42. The largest absolute Gasteiger partial charge is 0.478 e. The first-order valence-electron chi connectivity index (χ1n) is 6.52. The zero-order valence-corrected chi connectivity index (χ0v) is 14.5. The monoisotopic (exact) mass is 414 g/mol. The third-order valence-electron chi connectivity index (χ3n) is 3.55. The SMILES string of the molecule is COC(=O)C1=C(c2ccncc2)C(C(=O)O)=C(C)N(I)C1C. The first-order chi connectivity index (χ1) is 10.4. The summed E-state index contributed by atoms with van der Waals surface area (Å²) in [6, 6.07) is 3.06. The second-order valence-corrected chi connectivity index (χ2v) is 5.81. The predicted molar refractivity (Wildman–Crippen MR) is 88.8 cm³/mol. The van der Waals surface area contributed by atoms with Crippen LogP contribution >= 0.6 is 22.9 Å². The summed E-state index contributed by atoms with van der Waals surface area (Å²) in [5.74, 6) is -1.62. The van der Waals surface area contributed by atoms with Crippen LogP contribution in [0.3, 0.4) is 0 Å². The van der Waals surface area contributed by atoms with Gasteiger partial charge in [-0.2, -0.15) is 0 Å². The maximum absolute atomic E-state index is 12.2. The van der Waals surface area contributed by atoms with Crippen LogP contribution in [0.25, 0.3) is 5.57 Å². The Morgan fingerprint density at radius 3 is 2.45 bits per heavy atom. The quantitative estimate of drug-likeness (QED) is 0.465. The van der Waals surface area contributed by atoms with Crippen LogP contribution in [0.15, 0.2) is 41.4 Å². The molecule has 0 aliphatic carbocycles. The molecule has 0 aromatic carbocycles. The Morgan fingerprint density at radius 2 is 1.95 bits per heavy atom. The number of esters is 1. The lowest BCUT2D eigenvalue weighted by Crippen LogP contribution is -2.35. The number of hydrogen-bond donors (Lipinski definition) is 1. The summed E-state index contributed by atoms with van der Waals surface area (Å²) >= 11 is 2.01. The lowest BCUT2D eigenvalue weighted by Gasteiger charge is -2.34. The molecule has 1 aromatic heterocycles. The van der Waals surface area contributed by atoms with E-state index in [0.717, 1.165) is 0 Å². The van der Waals surface area contributed by atoms with Gasteiger partial charge in [-0.1, -0.05) is 0 Å². The molecule has 1 aromatic rings. The number of methoxy groups -OCH3 is 1. The van der Waals surface area contributed by atoms with Gasteiger partial charge >= 0.3 is 11.9 Å². The minimum Gasteiger partial charge on any atom is -0.478 e. The van der Waals surface area contributed by atoms with Crippen molar-refractivity contribution in [1.29, 1.82) is 0 Å². The number of ether oxygens (including phenoxy) is 1. The molecular weight excluding hydrogens is 399 g/mol. The number of carbonyl (C=O) groups excluding carboxylic acids is 1. The van der Waals surface area contributed by atoms with E-state index in [1.807, 2.05) is 29.8 Å². The van der Waals surface area contributed by atoms with Crippen molar-refractivity contribution in [3.63, 3.8) is 0 Å². The number of nitrogens with zero attached hydrogens (tertiary/aromatic N) is 2. The molecule has 2 rings (SSSR count). The number of carbonyl (C=O) groups is 2. The number of allylic oxidation sites excluding steroid dienone is 1. The molecule has 1 aliphatic rings. The van der Waals surface area contributed by atoms with Crippen LogP contribution in [0.5, 0.6) is 0 Å². The van der Waals surface area contributed by atoms with Crippen molar-refractivity contribution in [2.24, 2.45) is 0 Å². The van der Waals surface area contributed by atoms with Gasteiger partial charge in [-0.3, -0.25) is 4.98 Å². The van der Waals surface area contributed by atoms with Gasteiger partial charge in [0.25, 0.3) is 0 Å². The Morgan fingerprint density at radius 1 is 1.36 bits per heavy atom. The molecule has 0 saturated carbocycles. The van der Waals surface area contributed by atoms with Crippen LogP contribution in [0.1, 0.15) is 19.4 Å². The van der Waals surface area contributed by atoms with Crippen LogP contribution in [0, 0.1) is 0 Å². The fraction of sp³-hybridized carbons (Fsp3) is 0.267. The molecule has 22 heavy (non-hydrogen) atoms. The van der Waals surface area contributed by atoms with E-state index in [2.05, 4.69) is 4.98 Å². The van der Waals surface area contributed by atoms with Gasteiger partial charge in [0.15, 0.2) is 0 Å². The molecule has 0 bridgehead atoms. The summed E-state index contributed by atoms with van der Waals surface area (Å²) in [6.45, 7) is 3.56. The summed E-state index contributed by atoms with van der Waals surface area (Å²) in [5, 5.41) is 9.63. The summed E-state index contributed by atoms with van der Waals surface area (Å²) < 4.78 is 6.60. The van der Waals surface area contributed by atoms with Gasteiger partial charge in [-0.15, -0.1) is 0 Å². The van der Waals surface area contributed by atoms with E-state index in [1.165, 1.54) is 7.11 Å². The number of hydrogen-bond acceptors (Lipinski definition) is 5. The Balaban J connectivity index is 2.83. The Hall–Kier alpha value is -1.90. The van der Waals surface area contributed by atoms with Crippen molar-refractivity contribution < 1.29 is 19.4 Å². The van der Waals surface area contributed by atoms with E-state index in [-0.39, 0.29) is 11.6 Å². The molecule has 1 unspecified atom stereocenters. The van der Waals surface area contributed by atoms with E-state index in [0.29, 0.717) is 22.4 Å². The third kappa shape index (κ3) is 2.72. The average Bonchev–Trinajstić information content (AvgIpc) is 2.52. The highest BCUT2D eigenvalue weighted by atomic mass is 127. The standard InChI is InChI=1S/C15H15IN2O4/c1-8-11(14(19)20)13(10-4-6-17-7-5-10)12(15(21)22-3)9(2)18(8)16/h4-7,9H,1-3H3,(H,19,20). The van der Waals surface area contributed by atoms with E-state index in [9.17, 15) is 14.7 Å². The summed E-state index contributed by atoms with van der Waals surface area (Å²) in [7, 11) is 1.29. The summed E-state index contributed by atoms with van der Waals surface area (Å²) in [4.78, 5) is 27.9. The number of halogens is 1. The number of carboxylic acid groups (broad SMARTS) is 1. The van der Waals surface area contributed by atoms with Crippen molar-refractivity contribution >= 4 is 40.4 Å². The van der Waals surface area contributed by atoms with Crippen LogP contribution in [0.4, 0.5) is 0 Å². The molecule has 1 N–H and O–H groups in total. The van der Waals surface area contributed by atoms with Gasteiger partial charge in [0.1, 0.15) is 0 Å². The first-order valence-corrected chi connectivity index (χ1v) is 7.49. The maximum Gasteiger partial charge on any atom is 0.338 e. The maximum atomic E-state index is 12.2. The smallest absolute Gasteiger partial charge is 0.338 e. The van der Waals surface area contributed by atoms with E-state index >= 15 is 0 Å². The van der Waals surface area contributed by atoms with Gasteiger partial charge in [0.05, 0.1) is 47.2 Å². The Bertz CT molecular complexity index is 682. The van der Waals surface area contributed by atoms with Gasteiger partial charge in [0.2, 0.25) is 0 Å². The molecule has 0 amide bonds. The lowest BCUT2D eigenvalue weighted by molar-refractivity contribution is -0.136. The topological polar surface area (TPSA) is 79.7 Å². The van der Waals surface area contributed by atoms with Gasteiger partial charge in [-0.05, 0) is 31.5 Å². The highest BCUT2D eigenvalue weighted by Crippen LogP contribution is 2.40. The molecule has 1 aliphatic heterocycles. The van der Waals surface area contributed by atoms with Gasteiger partial charge in [0, 0.05) is 23.7 Å². The number of carboxylic acids is 1. The molecule has 2 heterocycles. The van der Waals surface area contributed by atoms with Crippen molar-refractivity contribution in [3.8, 4) is 0 Å². The van der Waals surface area contributed by atoms with E-state index in [1.54, 1.807) is 34.6 Å². The third-order valence-corrected chi connectivity index (χ3v) is 5.11. The molecule has 6 nitrogen and oxygen atoms in total. The molecule has 0 radical (unpaired) electrons. The molecule has 0 spiro atoms. The summed E-state index contributed by atoms with van der Waals surface area (Å²) in [6.07, 6.45) is 3.13.